The molecule has 68 valence electrons. The van der Waals surface area contributed by atoms with Crippen LogP contribution >= 0.6 is 0 Å². The van der Waals surface area contributed by atoms with Crippen LogP contribution in [0.25, 0.3) is 0 Å². The van der Waals surface area contributed by atoms with Crippen molar-refractivity contribution in [1.29, 1.82) is 0 Å². The van der Waals surface area contributed by atoms with Crippen molar-refractivity contribution < 1.29 is 9.53 Å². The minimum absolute atomic E-state index is 0.165. The number of hydrogen-bond donors (Lipinski definition) is 0. The second-order valence-electron chi connectivity index (χ2n) is 3.51. The number of aryl methyl sites for hydroxylation is 1. The van der Waals surface area contributed by atoms with E-state index in [1.54, 1.807) is 6.92 Å². The maximum absolute atomic E-state index is 11.3. The summed E-state index contributed by atoms with van der Waals surface area (Å²) < 4.78 is 5.45. The number of benzene rings is 1. The van der Waals surface area contributed by atoms with Crippen LogP contribution in [0.15, 0.2) is 18.2 Å². The van der Waals surface area contributed by atoms with Gasteiger partial charge in [-0.1, -0.05) is 17.7 Å². The molecule has 2 heteroatoms. The molecule has 1 aliphatic rings. The summed E-state index contributed by atoms with van der Waals surface area (Å²) in [6.45, 7) is 3.81. The first-order valence-corrected chi connectivity index (χ1v) is 4.46. The van der Waals surface area contributed by atoms with Gasteiger partial charge in [0.25, 0.3) is 0 Å². The van der Waals surface area contributed by atoms with E-state index >= 15 is 0 Å². The quantitative estimate of drug-likeness (QED) is 0.603. The summed E-state index contributed by atoms with van der Waals surface area (Å²) in [4.78, 5) is 11.3. The van der Waals surface area contributed by atoms with Crippen molar-refractivity contribution in [1.82, 2.24) is 0 Å². The molecule has 13 heavy (non-hydrogen) atoms. The van der Waals surface area contributed by atoms with E-state index < -0.39 is 0 Å². The Hall–Kier alpha value is -1.31. The third kappa shape index (κ3) is 1.44. The first kappa shape index (κ1) is 8.30. The summed E-state index contributed by atoms with van der Waals surface area (Å²) in [5, 5.41) is 0. The number of hydrogen-bond acceptors (Lipinski definition) is 2. The zero-order valence-corrected chi connectivity index (χ0v) is 7.83. The molecule has 0 spiro atoms. The average molecular weight is 176 g/mol. The second kappa shape index (κ2) is 2.87. The van der Waals surface area contributed by atoms with E-state index in [9.17, 15) is 4.79 Å². The van der Waals surface area contributed by atoms with Crippen molar-refractivity contribution >= 4 is 5.78 Å². The number of rotatable bonds is 0. The molecule has 2 nitrogen and oxygen atoms in total. The number of carbonyl (C=O) groups excluding carboxylic acids is 1. The van der Waals surface area contributed by atoms with Gasteiger partial charge in [-0.15, -0.1) is 0 Å². The maximum atomic E-state index is 11.3. The van der Waals surface area contributed by atoms with Crippen molar-refractivity contribution in [2.45, 2.75) is 26.4 Å². The highest BCUT2D eigenvalue weighted by Gasteiger charge is 2.23. The minimum Gasteiger partial charge on any atom is -0.483 e. The van der Waals surface area contributed by atoms with E-state index in [1.807, 2.05) is 25.1 Å². The Labute approximate surface area is 77.5 Å². The summed E-state index contributed by atoms with van der Waals surface area (Å²) in [6, 6.07) is 5.95. The lowest BCUT2D eigenvalue weighted by Crippen LogP contribution is -2.30. The molecule has 0 saturated heterocycles. The van der Waals surface area contributed by atoms with Gasteiger partial charge in [-0.05, 0) is 19.9 Å². The summed E-state index contributed by atoms with van der Waals surface area (Å²) in [7, 11) is 0. The van der Waals surface area contributed by atoms with Crippen LogP contribution in [-0.2, 0) is 11.2 Å². The Kier molecular flexibility index (Phi) is 1.83. The average Bonchev–Trinajstić information content (AvgIpc) is 2.08. The summed E-state index contributed by atoms with van der Waals surface area (Å²) in [5.41, 5.74) is 2.19. The molecule has 1 aromatic carbocycles. The molecule has 0 amide bonds. The van der Waals surface area contributed by atoms with Gasteiger partial charge in [-0.3, -0.25) is 4.79 Å². The van der Waals surface area contributed by atoms with E-state index in [-0.39, 0.29) is 11.9 Å². The van der Waals surface area contributed by atoms with E-state index in [2.05, 4.69) is 0 Å². The summed E-state index contributed by atoms with van der Waals surface area (Å²) in [5.74, 6) is 1.02. The molecule has 2 rings (SSSR count). The molecule has 1 aliphatic heterocycles. The van der Waals surface area contributed by atoms with Gasteiger partial charge in [0.15, 0.2) is 11.9 Å². The highest BCUT2D eigenvalue weighted by atomic mass is 16.5. The molecule has 0 fully saturated rings. The largest absolute Gasteiger partial charge is 0.483 e. The molecule has 1 atom stereocenters. The predicted molar refractivity (Wildman–Crippen MR) is 50.0 cm³/mol. The number of fused-ring (bicyclic) bond motifs is 1. The van der Waals surface area contributed by atoms with Gasteiger partial charge >= 0.3 is 0 Å². The fraction of sp³-hybridized carbons (Fsp3) is 0.364. The SMILES string of the molecule is Cc1ccc2c(c1)CC(=O)C(C)O2. The van der Waals surface area contributed by atoms with Gasteiger partial charge in [0.05, 0.1) is 0 Å². The molecule has 1 aromatic rings. The fourth-order valence-corrected chi connectivity index (χ4v) is 1.55. The van der Waals surface area contributed by atoms with Gasteiger partial charge in [-0.2, -0.15) is 0 Å². The van der Waals surface area contributed by atoms with Crippen LogP contribution in [0.2, 0.25) is 0 Å². The molecular weight excluding hydrogens is 164 g/mol. The van der Waals surface area contributed by atoms with Gasteiger partial charge in [0, 0.05) is 12.0 Å². The van der Waals surface area contributed by atoms with E-state index in [0.29, 0.717) is 6.42 Å². The molecule has 1 heterocycles. The van der Waals surface area contributed by atoms with Gasteiger partial charge in [-0.25, -0.2) is 0 Å². The highest BCUT2D eigenvalue weighted by Crippen LogP contribution is 2.26. The zero-order chi connectivity index (χ0) is 9.42. The monoisotopic (exact) mass is 176 g/mol. The highest BCUT2D eigenvalue weighted by molar-refractivity contribution is 5.87. The number of ketones is 1. The second-order valence-corrected chi connectivity index (χ2v) is 3.51. The van der Waals surface area contributed by atoms with Gasteiger partial charge in [0.2, 0.25) is 0 Å². The maximum Gasteiger partial charge on any atom is 0.177 e. The molecular formula is C11H12O2. The Morgan fingerprint density at radius 1 is 1.46 bits per heavy atom. The topological polar surface area (TPSA) is 26.3 Å². The molecule has 0 aromatic heterocycles. The van der Waals surface area contributed by atoms with Crippen LogP contribution in [0.1, 0.15) is 18.1 Å². The van der Waals surface area contributed by atoms with Crippen LogP contribution in [0.4, 0.5) is 0 Å². The van der Waals surface area contributed by atoms with Crippen LogP contribution in [-0.4, -0.2) is 11.9 Å². The van der Waals surface area contributed by atoms with E-state index in [1.165, 1.54) is 5.56 Å². The molecule has 0 N–H and O–H groups in total. The van der Waals surface area contributed by atoms with Crippen molar-refractivity contribution in [2.75, 3.05) is 0 Å². The molecule has 0 bridgehead atoms. The third-order valence-electron chi connectivity index (χ3n) is 2.34. The number of carbonyl (C=O) groups is 1. The van der Waals surface area contributed by atoms with Crippen LogP contribution in [0.3, 0.4) is 0 Å². The Balaban J connectivity index is 2.42. The number of ether oxygens (including phenoxy) is 1. The molecule has 1 unspecified atom stereocenters. The van der Waals surface area contributed by atoms with Gasteiger partial charge < -0.3 is 4.74 Å². The van der Waals surface area contributed by atoms with Crippen LogP contribution < -0.4 is 4.74 Å². The Morgan fingerprint density at radius 2 is 2.23 bits per heavy atom. The lowest BCUT2D eigenvalue weighted by atomic mass is 10.00. The van der Waals surface area contributed by atoms with Crippen molar-refractivity contribution in [3.63, 3.8) is 0 Å². The van der Waals surface area contributed by atoms with Gasteiger partial charge in [0.1, 0.15) is 5.75 Å². The smallest absolute Gasteiger partial charge is 0.177 e. The predicted octanol–water partition coefficient (Wildman–Crippen LogP) is 1.89. The first-order valence-electron chi connectivity index (χ1n) is 4.46. The normalized spacial score (nSPS) is 20.8. The Morgan fingerprint density at radius 3 is 3.00 bits per heavy atom. The zero-order valence-electron chi connectivity index (χ0n) is 7.83. The van der Waals surface area contributed by atoms with Crippen molar-refractivity contribution in [3.8, 4) is 5.75 Å². The Bertz CT molecular complexity index is 355. The first-order chi connectivity index (χ1) is 6.16. The molecule has 0 saturated carbocycles. The minimum atomic E-state index is -0.282. The fourth-order valence-electron chi connectivity index (χ4n) is 1.55. The molecule has 0 aliphatic carbocycles. The summed E-state index contributed by atoms with van der Waals surface area (Å²) >= 11 is 0. The van der Waals surface area contributed by atoms with E-state index in [0.717, 1.165) is 11.3 Å². The third-order valence-corrected chi connectivity index (χ3v) is 2.34. The molecule has 0 radical (unpaired) electrons. The van der Waals surface area contributed by atoms with Crippen LogP contribution in [0.5, 0.6) is 5.75 Å². The van der Waals surface area contributed by atoms with Crippen molar-refractivity contribution in [3.05, 3.63) is 29.3 Å². The lowest BCUT2D eigenvalue weighted by molar-refractivity contribution is -0.125. The summed E-state index contributed by atoms with van der Waals surface area (Å²) in [6.07, 6.45) is 0.230. The van der Waals surface area contributed by atoms with E-state index in [4.69, 9.17) is 4.74 Å². The van der Waals surface area contributed by atoms with Crippen LogP contribution in [0, 0.1) is 6.92 Å². The van der Waals surface area contributed by atoms with Crippen molar-refractivity contribution in [2.24, 2.45) is 0 Å². The standard InChI is InChI=1S/C11H12O2/c1-7-3-4-11-9(5-7)6-10(12)8(2)13-11/h3-5,8H,6H2,1-2H3. The lowest BCUT2D eigenvalue weighted by Gasteiger charge is -2.22. The number of Topliss-reactive ketones (excluding diaryl/α,β-unsaturated/α-hetero) is 1.